The third-order valence-electron chi connectivity index (χ3n) is 2.86. The zero-order valence-corrected chi connectivity index (χ0v) is 13.2. The molecule has 1 rings (SSSR count). The monoisotopic (exact) mass is 323 g/mol. The molecule has 1 aromatic rings. The van der Waals surface area contributed by atoms with E-state index in [1.807, 2.05) is 0 Å². The van der Waals surface area contributed by atoms with Crippen molar-refractivity contribution in [3.63, 3.8) is 0 Å². The van der Waals surface area contributed by atoms with Gasteiger partial charge in [0, 0.05) is 19.3 Å². The number of nitrogens with one attached hydrogen (secondary N) is 1. The van der Waals surface area contributed by atoms with Crippen molar-refractivity contribution in [2.45, 2.75) is 33.5 Å². The van der Waals surface area contributed by atoms with Crippen LogP contribution in [0.1, 0.15) is 26.3 Å². The van der Waals surface area contributed by atoms with E-state index in [1.165, 1.54) is 11.1 Å². The van der Waals surface area contributed by atoms with Gasteiger partial charge in [-0.05, 0) is 31.0 Å². The van der Waals surface area contributed by atoms with Gasteiger partial charge in [-0.2, -0.15) is 13.2 Å². The summed E-state index contributed by atoms with van der Waals surface area (Å²) in [6.07, 6.45) is -2.85. The molecule has 0 bridgehead atoms. The van der Waals surface area contributed by atoms with E-state index in [4.69, 9.17) is 11.6 Å². The fourth-order valence-corrected chi connectivity index (χ4v) is 2.01. The van der Waals surface area contributed by atoms with Gasteiger partial charge >= 0.3 is 6.18 Å². The van der Waals surface area contributed by atoms with E-state index in [0.717, 1.165) is 12.1 Å². The highest BCUT2D eigenvalue weighted by molar-refractivity contribution is 6.31. The van der Waals surface area contributed by atoms with Crippen LogP contribution < -0.4 is 10.2 Å². The van der Waals surface area contributed by atoms with Gasteiger partial charge in [-0.15, -0.1) is 0 Å². The van der Waals surface area contributed by atoms with E-state index in [0.29, 0.717) is 23.3 Å². The standard InChI is InChI=1S/C14H21ClF3N3/c1-4-21(9-14(16,17)18)13-5-11(12(15)8-20-13)7-19-6-10(2)3/h5,8,10,19H,4,6-7,9H2,1-3H3. The highest BCUT2D eigenvalue weighted by atomic mass is 35.5. The van der Waals surface area contributed by atoms with Crippen LogP contribution in [0, 0.1) is 5.92 Å². The molecule has 0 aliphatic heterocycles. The molecule has 120 valence electrons. The summed E-state index contributed by atoms with van der Waals surface area (Å²) in [6, 6.07) is 1.62. The number of nitrogens with zero attached hydrogens (tertiary/aromatic N) is 2. The van der Waals surface area contributed by atoms with Crippen molar-refractivity contribution >= 4 is 17.4 Å². The van der Waals surface area contributed by atoms with Crippen LogP contribution in [-0.2, 0) is 6.54 Å². The molecule has 21 heavy (non-hydrogen) atoms. The van der Waals surface area contributed by atoms with Crippen molar-refractivity contribution in [3.05, 3.63) is 22.8 Å². The third kappa shape index (κ3) is 6.52. The predicted octanol–water partition coefficient (Wildman–Crippen LogP) is 3.87. The molecule has 3 nitrogen and oxygen atoms in total. The van der Waals surface area contributed by atoms with Crippen molar-refractivity contribution in [1.29, 1.82) is 0 Å². The number of alkyl halides is 3. The first-order chi connectivity index (χ1) is 9.73. The molecule has 0 saturated heterocycles. The van der Waals surface area contributed by atoms with Gasteiger partial charge in [-0.25, -0.2) is 4.98 Å². The van der Waals surface area contributed by atoms with Crippen molar-refractivity contribution in [1.82, 2.24) is 10.3 Å². The van der Waals surface area contributed by atoms with Crippen molar-refractivity contribution < 1.29 is 13.2 Å². The summed E-state index contributed by atoms with van der Waals surface area (Å²) in [4.78, 5) is 5.19. The maximum Gasteiger partial charge on any atom is 0.405 e. The Morgan fingerprint density at radius 2 is 2.05 bits per heavy atom. The van der Waals surface area contributed by atoms with Crippen LogP contribution in [0.2, 0.25) is 5.02 Å². The molecule has 0 fully saturated rings. The number of rotatable bonds is 7. The van der Waals surface area contributed by atoms with Gasteiger partial charge in [-0.3, -0.25) is 0 Å². The zero-order chi connectivity index (χ0) is 16.0. The van der Waals surface area contributed by atoms with Crippen molar-refractivity contribution in [2.24, 2.45) is 5.92 Å². The molecule has 0 radical (unpaired) electrons. The molecule has 0 unspecified atom stereocenters. The van der Waals surface area contributed by atoms with E-state index in [9.17, 15) is 13.2 Å². The lowest BCUT2D eigenvalue weighted by atomic mass is 10.2. The molecule has 1 heterocycles. The van der Waals surface area contributed by atoms with E-state index in [1.54, 1.807) is 13.0 Å². The molecule has 1 N–H and O–H groups in total. The second kappa shape index (κ2) is 7.84. The Kier molecular flexibility index (Phi) is 6.74. The van der Waals surface area contributed by atoms with Crippen LogP contribution in [0.4, 0.5) is 19.0 Å². The average molecular weight is 324 g/mol. The van der Waals surface area contributed by atoms with E-state index >= 15 is 0 Å². The lowest BCUT2D eigenvalue weighted by Gasteiger charge is -2.24. The maximum absolute atomic E-state index is 12.5. The number of halogens is 4. The van der Waals surface area contributed by atoms with Gasteiger partial charge in [0.05, 0.1) is 5.02 Å². The van der Waals surface area contributed by atoms with E-state index in [-0.39, 0.29) is 6.54 Å². The summed E-state index contributed by atoms with van der Waals surface area (Å²) in [6.45, 7) is 6.36. The lowest BCUT2D eigenvalue weighted by molar-refractivity contribution is -0.119. The van der Waals surface area contributed by atoms with Gasteiger partial charge in [-0.1, -0.05) is 25.4 Å². The van der Waals surface area contributed by atoms with Crippen LogP contribution in [-0.4, -0.2) is 30.8 Å². The molecule has 0 aliphatic rings. The minimum absolute atomic E-state index is 0.229. The van der Waals surface area contributed by atoms with Crippen LogP contribution in [0.5, 0.6) is 0 Å². The van der Waals surface area contributed by atoms with Gasteiger partial charge in [0.15, 0.2) is 0 Å². The maximum atomic E-state index is 12.5. The van der Waals surface area contributed by atoms with Gasteiger partial charge < -0.3 is 10.2 Å². The second-order valence-corrected chi connectivity index (χ2v) is 5.70. The second-order valence-electron chi connectivity index (χ2n) is 5.29. The quantitative estimate of drug-likeness (QED) is 0.825. The molecule has 0 atom stereocenters. The number of hydrogen-bond acceptors (Lipinski definition) is 3. The summed E-state index contributed by atoms with van der Waals surface area (Å²) in [5, 5.41) is 3.68. The SMILES string of the molecule is CCN(CC(F)(F)F)c1cc(CNCC(C)C)c(Cl)cn1. The van der Waals surface area contributed by atoms with Gasteiger partial charge in [0.25, 0.3) is 0 Å². The third-order valence-corrected chi connectivity index (χ3v) is 3.20. The first-order valence-electron chi connectivity index (χ1n) is 6.89. The zero-order valence-electron chi connectivity index (χ0n) is 12.5. The molecule has 1 aromatic heterocycles. The Morgan fingerprint density at radius 1 is 1.38 bits per heavy atom. The minimum Gasteiger partial charge on any atom is -0.348 e. The Hall–Kier alpha value is -1.01. The van der Waals surface area contributed by atoms with Crippen LogP contribution in [0.3, 0.4) is 0 Å². The smallest absolute Gasteiger partial charge is 0.348 e. The Morgan fingerprint density at radius 3 is 2.57 bits per heavy atom. The van der Waals surface area contributed by atoms with E-state index in [2.05, 4.69) is 24.1 Å². The molecule has 7 heteroatoms. The van der Waals surface area contributed by atoms with Crippen LogP contribution in [0.15, 0.2) is 12.3 Å². The topological polar surface area (TPSA) is 28.2 Å². The van der Waals surface area contributed by atoms with Crippen LogP contribution >= 0.6 is 11.6 Å². The first-order valence-corrected chi connectivity index (χ1v) is 7.27. The number of anilines is 1. The highest BCUT2D eigenvalue weighted by Crippen LogP contribution is 2.24. The number of aromatic nitrogens is 1. The van der Waals surface area contributed by atoms with Gasteiger partial charge in [0.2, 0.25) is 0 Å². The summed E-state index contributed by atoms with van der Waals surface area (Å²) in [7, 11) is 0. The highest BCUT2D eigenvalue weighted by Gasteiger charge is 2.30. The molecule has 0 spiro atoms. The Bertz CT molecular complexity index is 450. The molecule has 0 aliphatic carbocycles. The molecule has 0 saturated carbocycles. The van der Waals surface area contributed by atoms with E-state index < -0.39 is 12.7 Å². The summed E-state index contributed by atoms with van der Waals surface area (Å²) in [5.41, 5.74) is 0.753. The van der Waals surface area contributed by atoms with Gasteiger partial charge in [0.1, 0.15) is 12.4 Å². The fourth-order valence-electron chi connectivity index (χ4n) is 1.84. The Labute approximate surface area is 128 Å². The molecular weight excluding hydrogens is 303 g/mol. The fraction of sp³-hybridized carbons (Fsp3) is 0.643. The number of pyridine rings is 1. The minimum atomic E-state index is -4.26. The van der Waals surface area contributed by atoms with Crippen molar-refractivity contribution in [2.75, 3.05) is 24.5 Å². The normalized spacial score (nSPS) is 12.0. The van der Waals surface area contributed by atoms with Crippen molar-refractivity contribution in [3.8, 4) is 0 Å². The predicted molar refractivity (Wildman–Crippen MR) is 79.7 cm³/mol. The molecule has 0 aromatic carbocycles. The van der Waals surface area contributed by atoms with Crippen LogP contribution in [0.25, 0.3) is 0 Å². The largest absolute Gasteiger partial charge is 0.405 e. The summed E-state index contributed by atoms with van der Waals surface area (Å²) in [5.74, 6) is 0.781. The summed E-state index contributed by atoms with van der Waals surface area (Å²) >= 11 is 6.05. The molecule has 0 amide bonds. The average Bonchev–Trinajstić information content (AvgIpc) is 2.37. The summed E-state index contributed by atoms with van der Waals surface area (Å²) < 4.78 is 37.6. The first kappa shape index (κ1) is 18.0. The molecular formula is C14H21ClF3N3. The Balaban J connectivity index is 2.83. The number of hydrogen-bond donors (Lipinski definition) is 1. The lowest BCUT2D eigenvalue weighted by Crippen LogP contribution is -2.34.